The first-order valence-electron chi connectivity index (χ1n) is 12.1. The van der Waals surface area contributed by atoms with Crippen molar-refractivity contribution >= 4 is 34.3 Å². The molecule has 2 fully saturated rings. The minimum Gasteiger partial charge on any atom is -0.493 e. The number of piperidine rings is 1. The number of ether oxygens (including phenoxy) is 1. The molecular weight excluding hydrogens is 476 g/mol. The number of nitrogens with zero attached hydrogens (tertiary/aromatic N) is 4. The van der Waals surface area contributed by atoms with Crippen molar-refractivity contribution in [3.05, 3.63) is 65.2 Å². The lowest BCUT2D eigenvalue weighted by Crippen LogP contribution is -2.44. The first-order valence-corrected chi connectivity index (χ1v) is 12.9. The van der Waals surface area contributed by atoms with Crippen LogP contribution in [0.2, 0.25) is 0 Å². The maximum atomic E-state index is 13.4. The van der Waals surface area contributed by atoms with Crippen molar-refractivity contribution in [2.75, 3.05) is 33.3 Å². The molecule has 8 nitrogen and oxygen atoms in total. The summed E-state index contributed by atoms with van der Waals surface area (Å²) in [6, 6.07) is 17.1. The number of carbonyl (C=O) groups excluding carboxylic acids is 2. The number of amides is 2. The molecule has 2 saturated heterocycles. The molecule has 36 heavy (non-hydrogen) atoms. The van der Waals surface area contributed by atoms with Gasteiger partial charge in [0, 0.05) is 37.1 Å². The van der Waals surface area contributed by atoms with Gasteiger partial charge in [0.2, 0.25) is 0 Å². The van der Waals surface area contributed by atoms with E-state index in [1.807, 2.05) is 58.3 Å². The Morgan fingerprint density at radius 3 is 2.47 bits per heavy atom. The number of fused-ring (bicyclic) bond motifs is 1. The Labute approximate surface area is 212 Å². The molecule has 2 aliphatic heterocycles. The van der Waals surface area contributed by atoms with E-state index in [2.05, 4.69) is 9.59 Å². The van der Waals surface area contributed by atoms with E-state index in [9.17, 15) is 9.59 Å². The molecule has 4 aromatic rings. The molecule has 0 unspecified atom stereocenters. The molecule has 2 aromatic carbocycles. The average molecular weight is 503 g/mol. The Bertz CT molecular complexity index is 1420. The Hall–Kier alpha value is -3.72. The highest BCUT2D eigenvalue weighted by Gasteiger charge is 2.44. The smallest absolute Gasteiger partial charge is 0.289 e. The van der Waals surface area contributed by atoms with Crippen LogP contribution in [-0.4, -0.2) is 64.5 Å². The lowest BCUT2D eigenvalue weighted by Gasteiger charge is -2.38. The van der Waals surface area contributed by atoms with Crippen LogP contribution < -0.4 is 4.74 Å². The molecule has 0 atom stereocenters. The van der Waals surface area contributed by atoms with Crippen molar-refractivity contribution < 1.29 is 18.7 Å². The minimum atomic E-state index is -0.0998. The fourth-order valence-electron chi connectivity index (χ4n) is 5.42. The van der Waals surface area contributed by atoms with Gasteiger partial charge in [-0.1, -0.05) is 47.0 Å². The predicted octanol–water partition coefficient (Wildman–Crippen LogP) is 4.73. The Kier molecular flexibility index (Phi) is 5.72. The number of hydrogen-bond donors (Lipinski definition) is 0. The second kappa shape index (κ2) is 9.05. The zero-order valence-electron chi connectivity index (χ0n) is 20.0. The second-order valence-electron chi connectivity index (χ2n) is 9.57. The van der Waals surface area contributed by atoms with Crippen LogP contribution in [0.5, 0.6) is 5.75 Å². The van der Waals surface area contributed by atoms with E-state index in [0.717, 1.165) is 41.7 Å². The monoisotopic (exact) mass is 502 g/mol. The molecule has 0 N–H and O–H groups in total. The highest BCUT2D eigenvalue weighted by molar-refractivity contribution is 7.08. The minimum absolute atomic E-state index is 0.00421. The number of hydrogen-bond acceptors (Lipinski definition) is 7. The second-order valence-corrected chi connectivity index (χ2v) is 10.3. The number of methoxy groups -OCH3 is 1. The van der Waals surface area contributed by atoms with Crippen molar-refractivity contribution in [2.45, 2.75) is 19.3 Å². The molecular formula is C27H26N4O4S. The van der Waals surface area contributed by atoms with E-state index in [-0.39, 0.29) is 17.2 Å². The van der Waals surface area contributed by atoms with Crippen molar-refractivity contribution in [2.24, 2.45) is 5.41 Å². The van der Waals surface area contributed by atoms with E-state index in [4.69, 9.17) is 9.15 Å². The summed E-state index contributed by atoms with van der Waals surface area (Å²) in [5, 5.41) is 5.08. The van der Waals surface area contributed by atoms with Gasteiger partial charge in [-0.15, -0.1) is 5.10 Å². The van der Waals surface area contributed by atoms with E-state index in [1.165, 1.54) is 0 Å². The topological polar surface area (TPSA) is 88.8 Å². The Morgan fingerprint density at radius 1 is 0.972 bits per heavy atom. The number of carbonyl (C=O) groups is 2. The van der Waals surface area contributed by atoms with Crippen LogP contribution in [0.15, 0.2) is 59.0 Å². The molecule has 0 aliphatic carbocycles. The first-order chi connectivity index (χ1) is 17.6. The van der Waals surface area contributed by atoms with Crippen LogP contribution >= 0.6 is 11.5 Å². The van der Waals surface area contributed by atoms with Gasteiger partial charge in [0.1, 0.15) is 10.6 Å². The SMILES string of the molecule is COc1cccc2cc(C(=O)N3CCC4(CC3)CCN(C(=O)c3snnc3-c3ccccc3)C4)oc12. The number of benzene rings is 2. The van der Waals surface area contributed by atoms with Gasteiger partial charge >= 0.3 is 0 Å². The van der Waals surface area contributed by atoms with Crippen LogP contribution in [0.25, 0.3) is 22.2 Å². The molecule has 0 radical (unpaired) electrons. The molecule has 2 aromatic heterocycles. The van der Waals surface area contributed by atoms with Crippen LogP contribution in [0.4, 0.5) is 0 Å². The number of furan rings is 1. The number of rotatable bonds is 4. The summed E-state index contributed by atoms with van der Waals surface area (Å²) in [6.07, 6.45) is 2.66. The van der Waals surface area contributed by atoms with Crippen molar-refractivity contribution in [1.29, 1.82) is 0 Å². The molecule has 4 heterocycles. The molecule has 6 rings (SSSR count). The first kappa shape index (κ1) is 22.7. The summed E-state index contributed by atoms with van der Waals surface area (Å²) in [7, 11) is 1.59. The highest BCUT2D eigenvalue weighted by atomic mass is 32.1. The standard InChI is InChI=1S/C27H26N4O4S/c1-34-20-9-5-8-19-16-21(35-23(19)20)25(32)30-13-10-27(11-14-30)12-15-31(17-27)26(33)24-22(28-29-36-24)18-6-3-2-4-7-18/h2-9,16H,10-15,17H2,1H3. The van der Waals surface area contributed by atoms with Crippen LogP contribution in [0, 0.1) is 5.41 Å². The van der Waals surface area contributed by atoms with E-state index >= 15 is 0 Å². The zero-order chi connectivity index (χ0) is 24.7. The van der Waals surface area contributed by atoms with Gasteiger partial charge in [-0.25, -0.2) is 0 Å². The highest BCUT2D eigenvalue weighted by Crippen LogP contribution is 2.42. The predicted molar refractivity (Wildman–Crippen MR) is 136 cm³/mol. The number of para-hydroxylation sites is 1. The summed E-state index contributed by atoms with van der Waals surface area (Å²) in [6.45, 7) is 2.70. The largest absolute Gasteiger partial charge is 0.493 e. The lowest BCUT2D eigenvalue weighted by atomic mass is 9.77. The quantitative estimate of drug-likeness (QED) is 0.401. The fraction of sp³-hybridized carbons (Fsp3) is 0.333. The Morgan fingerprint density at radius 2 is 1.72 bits per heavy atom. The van der Waals surface area contributed by atoms with Gasteiger partial charge in [-0.05, 0) is 48.3 Å². The molecule has 2 amide bonds. The van der Waals surface area contributed by atoms with E-state index in [1.54, 1.807) is 13.2 Å². The maximum Gasteiger partial charge on any atom is 0.289 e. The summed E-state index contributed by atoms with van der Waals surface area (Å²) in [5.74, 6) is 0.846. The van der Waals surface area contributed by atoms with Gasteiger partial charge in [-0.3, -0.25) is 9.59 Å². The zero-order valence-corrected chi connectivity index (χ0v) is 20.8. The molecule has 0 saturated carbocycles. The van der Waals surface area contributed by atoms with Crippen LogP contribution in [0.3, 0.4) is 0 Å². The fourth-order valence-corrected chi connectivity index (χ4v) is 6.08. The summed E-state index contributed by atoms with van der Waals surface area (Å²) >= 11 is 1.16. The molecule has 0 bridgehead atoms. The molecule has 184 valence electrons. The van der Waals surface area contributed by atoms with Crippen molar-refractivity contribution in [3.8, 4) is 17.0 Å². The third kappa shape index (κ3) is 3.93. The van der Waals surface area contributed by atoms with Gasteiger partial charge in [0.25, 0.3) is 11.8 Å². The van der Waals surface area contributed by atoms with Crippen molar-refractivity contribution in [1.82, 2.24) is 19.4 Å². The third-order valence-corrected chi connectivity index (χ3v) is 8.22. The average Bonchev–Trinajstić information content (AvgIpc) is 3.67. The number of aromatic nitrogens is 2. The van der Waals surface area contributed by atoms with Crippen LogP contribution in [0.1, 0.15) is 39.5 Å². The van der Waals surface area contributed by atoms with Gasteiger partial charge in [0.15, 0.2) is 17.1 Å². The van der Waals surface area contributed by atoms with Gasteiger partial charge in [0.05, 0.1) is 7.11 Å². The molecule has 9 heteroatoms. The lowest BCUT2D eigenvalue weighted by molar-refractivity contribution is 0.0543. The van der Waals surface area contributed by atoms with E-state index in [0.29, 0.717) is 53.8 Å². The molecule has 2 aliphatic rings. The summed E-state index contributed by atoms with van der Waals surface area (Å²) in [4.78, 5) is 31.0. The van der Waals surface area contributed by atoms with Crippen molar-refractivity contribution in [3.63, 3.8) is 0 Å². The van der Waals surface area contributed by atoms with Gasteiger partial charge < -0.3 is 19.0 Å². The molecule has 1 spiro atoms. The number of likely N-dealkylation sites (tertiary alicyclic amines) is 2. The maximum absolute atomic E-state index is 13.4. The third-order valence-electron chi connectivity index (χ3n) is 7.51. The normalized spacial score (nSPS) is 17.1. The summed E-state index contributed by atoms with van der Waals surface area (Å²) in [5.41, 5.74) is 2.18. The van der Waals surface area contributed by atoms with E-state index < -0.39 is 0 Å². The van der Waals surface area contributed by atoms with Gasteiger partial charge in [-0.2, -0.15) is 0 Å². The van der Waals surface area contributed by atoms with Crippen LogP contribution in [-0.2, 0) is 0 Å². The Balaban J connectivity index is 1.12. The summed E-state index contributed by atoms with van der Waals surface area (Å²) < 4.78 is 15.3.